The lowest BCUT2D eigenvalue weighted by molar-refractivity contribution is -0.903. The first-order valence-electron chi connectivity index (χ1n) is 11.1. The molecule has 1 aromatic carbocycles. The summed E-state index contributed by atoms with van der Waals surface area (Å²) < 4.78 is 1.11. The summed E-state index contributed by atoms with van der Waals surface area (Å²) >= 11 is 0. The van der Waals surface area contributed by atoms with Crippen molar-refractivity contribution < 1.29 is 4.48 Å². The Bertz CT molecular complexity index is 415. The zero-order chi connectivity index (χ0) is 18.9. The first-order valence-corrected chi connectivity index (χ1v) is 11.9. The molecule has 1 aromatic rings. The second-order valence-electron chi connectivity index (χ2n) is 8.65. The van der Waals surface area contributed by atoms with Crippen LogP contribution in [-0.2, 0) is 6.54 Å². The summed E-state index contributed by atoms with van der Waals surface area (Å²) in [5.74, 6) is 0. The molecule has 0 amide bonds. The highest BCUT2D eigenvalue weighted by molar-refractivity contribution is 6.08. The number of hydrogen-bond acceptors (Lipinski definition) is 0. The fourth-order valence-electron chi connectivity index (χ4n) is 3.77. The second kappa shape index (κ2) is 15.5. The average Bonchev–Trinajstić information content (AvgIpc) is 2.62. The Hall–Kier alpha value is -0.603. The maximum absolute atomic E-state index is 3.55. The minimum absolute atomic E-state index is 1.11. The van der Waals surface area contributed by atoms with Crippen molar-refractivity contribution in [2.24, 2.45) is 0 Å². The van der Waals surface area contributed by atoms with Crippen LogP contribution in [0.5, 0.6) is 0 Å². The van der Waals surface area contributed by atoms with Crippen LogP contribution in [0.3, 0.4) is 0 Å². The molecule has 0 aliphatic heterocycles. The van der Waals surface area contributed by atoms with Gasteiger partial charge in [0.05, 0.1) is 20.6 Å². The van der Waals surface area contributed by atoms with Crippen LogP contribution in [0.15, 0.2) is 30.3 Å². The van der Waals surface area contributed by atoms with Gasteiger partial charge in [-0.25, -0.2) is 0 Å². The maximum atomic E-state index is 3.55. The van der Waals surface area contributed by atoms with E-state index < -0.39 is 0 Å². The Kier molecular flexibility index (Phi) is 13.9. The Morgan fingerprint density at radius 2 is 1.04 bits per heavy atom. The smallest absolute Gasteiger partial charge is 0.104 e. The fraction of sp³-hybridized carbons (Fsp3) is 0.750. The molecular formula is C24H43NSi+. The summed E-state index contributed by atoms with van der Waals surface area (Å²) in [5.41, 5.74) is 1.46. The largest absolute Gasteiger partial charge is 0.325 e. The van der Waals surface area contributed by atoms with Gasteiger partial charge in [0, 0.05) is 15.8 Å². The maximum Gasteiger partial charge on any atom is 0.104 e. The van der Waals surface area contributed by atoms with E-state index in [0.717, 1.165) is 11.0 Å². The molecule has 0 atom stereocenters. The number of unbranched alkanes of at least 4 members (excludes halogenated alkanes) is 12. The lowest BCUT2D eigenvalue weighted by Gasteiger charge is -2.30. The van der Waals surface area contributed by atoms with Crippen LogP contribution >= 0.6 is 0 Å². The predicted octanol–water partition coefficient (Wildman–Crippen LogP) is 6.92. The number of hydrogen-bond donors (Lipinski definition) is 0. The average molecular weight is 374 g/mol. The lowest BCUT2D eigenvalue weighted by atomic mass is 10.0. The van der Waals surface area contributed by atoms with Gasteiger partial charge in [-0.1, -0.05) is 107 Å². The molecule has 1 rings (SSSR count). The lowest BCUT2D eigenvalue weighted by Crippen LogP contribution is -2.39. The van der Waals surface area contributed by atoms with E-state index in [-0.39, 0.29) is 0 Å². The SMILES string of the molecule is C[N+](C)(CCCCCCCCCCCCCCC[Si])Cc1ccccc1. The van der Waals surface area contributed by atoms with Gasteiger partial charge in [-0.2, -0.15) is 0 Å². The summed E-state index contributed by atoms with van der Waals surface area (Å²) in [6, 6.07) is 12.1. The van der Waals surface area contributed by atoms with Gasteiger partial charge in [0.25, 0.3) is 0 Å². The van der Waals surface area contributed by atoms with Crippen LogP contribution in [0.2, 0.25) is 6.04 Å². The fourth-order valence-corrected chi connectivity index (χ4v) is 4.02. The van der Waals surface area contributed by atoms with Crippen molar-refractivity contribution in [1.82, 2.24) is 0 Å². The van der Waals surface area contributed by atoms with Gasteiger partial charge in [-0.15, -0.1) is 0 Å². The third-order valence-corrected chi connectivity index (χ3v) is 5.75. The molecule has 0 aromatic heterocycles. The van der Waals surface area contributed by atoms with E-state index in [9.17, 15) is 0 Å². The number of nitrogens with zero attached hydrogens (tertiary/aromatic N) is 1. The Morgan fingerprint density at radius 1 is 0.615 bits per heavy atom. The molecule has 147 valence electrons. The highest BCUT2D eigenvalue weighted by atomic mass is 28.1. The van der Waals surface area contributed by atoms with E-state index in [1.807, 2.05) is 0 Å². The molecule has 0 fully saturated rings. The molecule has 0 saturated carbocycles. The Labute approximate surface area is 167 Å². The molecule has 0 aliphatic rings. The van der Waals surface area contributed by atoms with Crippen molar-refractivity contribution in [3.05, 3.63) is 35.9 Å². The third kappa shape index (κ3) is 13.6. The van der Waals surface area contributed by atoms with Crippen molar-refractivity contribution in [2.45, 2.75) is 96.1 Å². The van der Waals surface area contributed by atoms with E-state index >= 15 is 0 Å². The van der Waals surface area contributed by atoms with E-state index in [0.29, 0.717) is 0 Å². The normalized spacial score (nSPS) is 11.8. The van der Waals surface area contributed by atoms with Crippen molar-refractivity contribution >= 4 is 10.2 Å². The molecule has 0 unspecified atom stereocenters. The second-order valence-corrected chi connectivity index (χ2v) is 9.15. The van der Waals surface area contributed by atoms with Gasteiger partial charge in [-0.05, 0) is 12.8 Å². The van der Waals surface area contributed by atoms with Crippen molar-refractivity contribution in [1.29, 1.82) is 0 Å². The molecule has 0 saturated heterocycles. The molecule has 26 heavy (non-hydrogen) atoms. The first kappa shape index (κ1) is 23.4. The number of rotatable bonds is 17. The first-order chi connectivity index (χ1) is 12.6. The zero-order valence-corrected chi connectivity index (χ0v) is 18.6. The highest BCUT2D eigenvalue weighted by Crippen LogP contribution is 2.14. The highest BCUT2D eigenvalue weighted by Gasteiger charge is 2.14. The molecule has 0 spiro atoms. The Balaban J connectivity index is 1.87. The van der Waals surface area contributed by atoms with Gasteiger partial charge < -0.3 is 4.48 Å². The van der Waals surface area contributed by atoms with Crippen LogP contribution in [0.4, 0.5) is 0 Å². The van der Waals surface area contributed by atoms with E-state index in [1.54, 1.807) is 0 Å². The van der Waals surface area contributed by atoms with Gasteiger partial charge >= 0.3 is 0 Å². The molecule has 0 aliphatic carbocycles. The van der Waals surface area contributed by atoms with Crippen LogP contribution < -0.4 is 0 Å². The summed E-state index contributed by atoms with van der Waals surface area (Å²) in [5, 5.41) is 0. The summed E-state index contributed by atoms with van der Waals surface area (Å²) in [6.07, 6.45) is 18.6. The van der Waals surface area contributed by atoms with Crippen LogP contribution in [0, 0.1) is 0 Å². The topological polar surface area (TPSA) is 0 Å². The van der Waals surface area contributed by atoms with Gasteiger partial charge in [0.2, 0.25) is 0 Å². The number of quaternary nitrogens is 1. The molecular weight excluding hydrogens is 330 g/mol. The van der Waals surface area contributed by atoms with Crippen LogP contribution in [-0.4, -0.2) is 35.4 Å². The molecule has 3 radical (unpaired) electrons. The van der Waals surface area contributed by atoms with Crippen molar-refractivity contribution in [3.8, 4) is 0 Å². The minimum Gasteiger partial charge on any atom is -0.325 e. The van der Waals surface area contributed by atoms with Crippen molar-refractivity contribution in [3.63, 3.8) is 0 Å². The molecule has 1 nitrogen and oxygen atoms in total. The molecule has 0 bridgehead atoms. The minimum atomic E-state index is 1.11. The van der Waals surface area contributed by atoms with Crippen molar-refractivity contribution in [2.75, 3.05) is 20.6 Å². The van der Waals surface area contributed by atoms with Crippen LogP contribution in [0.25, 0.3) is 0 Å². The van der Waals surface area contributed by atoms with Crippen LogP contribution in [0.1, 0.15) is 89.0 Å². The van der Waals surface area contributed by atoms with Gasteiger partial charge in [0.1, 0.15) is 6.54 Å². The molecule has 0 N–H and O–H groups in total. The Morgan fingerprint density at radius 3 is 1.50 bits per heavy atom. The predicted molar refractivity (Wildman–Crippen MR) is 118 cm³/mol. The van der Waals surface area contributed by atoms with Gasteiger partial charge in [-0.3, -0.25) is 0 Å². The summed E-state index contributed by atoms with van der Waals surface area (Å²) in [6.45, 7) is 2.45. The van der Waals surface area contributed by atoms with E-state index in [2.05, 4.69) is 54.7 Å². The number of benzene rings is 1. The standard InChI is InChI=1S/C24H43NSi/c1-25(2,23-24-19-15-14-16-20-24)21-17-12-10-8-6-4-3-5-7-9-11-13-18-22-26/h14-16,19-20H,3-13,17-18,21-23H2,1-2H3/q+1. The van der Waals surface area contributed by atoms with Gasteiger partial charge in [0.15, 0.2) is 0 Å². The monoisotopic (exact) mass is 373 g/mol. The zero-order valence-electron chi connectivity index (χ0n) is 17.6. The molecule has 0 heterocycles. The van der Waals surface area contributed by atoms with E-state index in [4.69, 9.17) is 0 Å². The summed E-state index contributed by atoms with van der Waals surface area (Å²) in [7, 11) is 8.29. The third-order valence-electron chi connectivity index (χ3n) is 5.39. The quantitative estimate of drug-likeness (QED) is 0.158. The van der Waals surface area contributed by atoms with E-state index in [1.165, 1.54) is 102 Å². The summed E-state index contributed by atoms with van der Waals surface area (Å²) in [4.78, 5) is 0. The molecule has 2 heteroatoms.